The van der Waals surface area contributed by atoms with Crippen LogP contribution in [0.15, 0.2) is 95.1 Å². The highest BCUT2D eigenvalue weighted by Crippen LogP contribution is 2.50. The third kappa shape index (κ3) is 5.23. The van der Waals surface area contributed by atoms with E-state index in [-0.39, 0.29) is 10.8 Å². The second-order valence-electron chi connectivity index (χ2n) is 11.5. The first-order chi connectivity index (χ1) is 19.1. The van der Waals surface area contributed by atoms with Crippen molar-refractivity contribution in [1.82, 2.24) is 0 Å². The minimum absolute atomic E-state index is 0.0798. The molecular weight excluding hydrogens is 604 g/mol. The third-order valence-corrected chi connectivity index (χ3v) is 8.84. The molecule has 41 heavy (non-hydrogen) atoms. The third-order valence-electron chi connectivity index (χ3n) is 8.35. The van der Waals surface area contributed by atoms with Crippen LogP contribution < -0.4 is 23.5 Å². The molecular formula is C33H32BrClN2O4. The van der Waals surface area contributed by atoms with Gasteiger partial charge in [0.1, 0.15) is 7.05 Å². The van der Waals surface area contributed by atoms with Crippen LogP contribution in [0.4, 0.5) is 11.4 Å². The molecule has 0 aromatic heterocycles. The van der Waals surface area contributed by atoms with Crippen molar-refractivity contribution in [3.8, 4) is 0 Å². The van der Waals surface area contributed by atoms with Gasteiger partial charge in [-0.25, -0.2) is 18.6 Å². The molecule has 0 saturated heterocycles. The predicted molar refractivity (Wildman–Crippen MR) is 158 cm³/mol. The van der Waals surface area contributed by atoms with E-state index in [2.05, 4.69) is 152 Å². The summed E-state index contributed by atoms with van der Waals surface area (Å²) in [7, 11) is -0.556. The Hall–Kier alpha value is -3.04. The molecule has 0 N–H and O–H groups in total. The molecule has 0 aliphatic carbocycles. The van der Waals surface area contributed by atoms with Crippen LogP contribution in [-0.4, -0.2) is 24.4 Å². The molecule has 2 heterocycles. The van der Waals surface area contributed by atoms with Gasteiger partial charge in [-0.3, -0.25) is 0 Å². The number of nitrogens with zero attached hydrogens (tertiary/aromatic N) is 2. The highest BCUT2D eigenvalue weighted by Gasteiger charge is 2.44. The Balaban J connectivity index is 0.000000623. The van der Waals surface area contributed by atoms with Gasteiger partial charge in [-0.1, -0.05) is 72.3 Å². The molecule has 8 heteroatoms. The molecule has 0 unspecified atom stereocenters. The van der Waals surface area contributed by atoms with E-state index in [1.54, 1.807) is 0 Å². The Labute approximate surface area is 251 Å². The standard InChI is InChI=1S/C33H32BrN2.ClHO4/c1-32(2)28(35(5)26-18-14-21-10-7-8-11-24(21)30(26)32)12-9-13-29-33(3,4)31-25-17-16-23(34)20-22(25)15-19-27(31)36(29)6;2-1(3,4)5/h7-20H,1-6H3;(H,2,3,4,5)/q+1;/p-1. The van der Waals surface area contributed by atoms with E-state index >= 15 is 0 Å². The Morgan fingerprint density at radius 1 is 0.805 bits per heavy atom. The van der Waals surface area contributed by atoms with Gasteiger partial charge in [-0.05, 0) is 71.3 Å². The zero-order valence-corrected chi connectivity index (χ0v) is 26.2. The highest BCUT2D eigenvalue weighted by molar-refractivity contribution is 9.10. The van der Waals surface area contributed by atoms with E-state index < -0.39 is 10.2 Å². The van der Waals surface area contributed by atoms with Crippen molar-refractivity contribution in [2.45, 2.75) is 38.5 Å². The highest BCUT2D eigenvalue weighted by atomic mass is 79.9. The van der Waals surface area contributed by atoms with Gasteiger partial charge in [0.25, 0.3) is 0 Å². The monoisotopic (exact) mass is 634 g/mol. The number of hydrogen-bond acceptors (Lipinski definition) is 5. The zero-order valence-electron chi connectivity index (χ0n) is 23.9. The molecule has 0 saturated carbocycles. The number of anilines is 1. The number of fused-ring (bicyclic) bond motifs is 6. The van der Waals surface area contributed by atoms with Crippen LogP contribution in [0.2, 0.25) is 0 Å². The molecule has 0 amide bonds. The number of allylic oxidation sites excluding steroid dienone is 4. The SMILES string of the molecule is CN1/C(=C\C=C\C2=[N+](C)c3ccc4ccccc4c3C2(C)C)C(C)(C)c2c1ccc1cc(Br)ccc21.[O-][Cl+3]([O-])([O-])[O-]. The van der Waals surface area contributed by atoms with Gasteiger partial charge in [-0.2, -0.15) is 4.58 Å². The molecule has 0 atom stereocenters. The van der Waals surface area contributed by atoms with Crippen LogP contribution in [0.5, 0.6) is 0 Å². The van der Waals surface area contributed by atoms with Crippen molar-refractivity contribution >= 4 is 54.6 Å². The lowest BCUT2D eigenvalue weighted by Gasteiger charge is -2.24. The van der Waals surface area contributed by atoms with E-state index in [1.807, 2.05) is 0 Å². The van der Waals surface area contributed by atoms with Crippen molar-refractivity contribution in [3.63, 3.8) is 0 Å². The topological polar surface area (TPSA) is 98.5 Å². The number of rotatable bonds is 2. The van der Waals surface area contributed by atoms with Gasteiger partial charge in [0.2, 0.25) is 5.69 Å². The fraction of sp³-hybridized carbons (Fsp3) is 0.242. The van der Waals surface area contributed by atoms with Crippen molar-refractivity contribution in [1.29, 1.82) is 0 Å². The smallest absolute Gasteiger partial charge is 0.210 e. The molecule has 6 nitrogen and oxygen atoms in total. The summed E-state index contributed by atoms with van der Waals surface area (Å²) < 4.78 is 37.5. The Morgan fingerprint density at radius 2 is 1.44 bits per heavy atom. The molecule has 0 bridgehead atoms. The summed E-state index contributed by atoms with van der Waals surface area (Å²) in [6, 6.07) is 24.4. The average molecular weight is 636 g/mol. The second kappa shape index (κ2) is 10.3. The number of likely N-dealkylation sites (N-methyl/N-ethyl adjacent to an activating group) is 1. The Bertz CT molecular complexity index is 1780. The minimum Gasteiger partial charge on any atom is -0.347 e. The average Bonchev–Trinajstić information content (AvgIpc) is 3.21. The van der Waals surface area contributed by atoms with E-state index in [0.29, 0.717) is 0 Å². The molecule has 212 valence electrons. The lowest BCUT2D eigenvalue weighted by Crippen LogP contribution is -2.68. The maximum atomic E-state index is 8.49. The molecule has 0 fully saturated rings. The van der Waals surface area contributed by atoms with Crippen molar-refractivity contribution in [2.24, 2.45) is 0 Å². The predicted octanol–water partition coefficient (Wildman–Crippen LogP) is 3.87. The summed E-state index contributed by atoms with van der Waals surface area (Å²) in [4.78, 5) is 2.36. The van der Waals surface area contributed by atoms with Crippen LogP contribution >= 0.6 is 15.9 Å². The van der Waals surface area contributed by atoms with Gasteiger partial charge < -0.3 is 4.90 Å². The van der Waals surface area contributed by atoms with E-state index in [9.17, 15) is 0 Å². The van der Waals surface area contributed by atoms with Crippen molar-refractivity contribution in [3.05, 3.63) is 106 Å². The summed E-state index contributed by atoms with van der Waals surface area (Å²) in [6.07, 6.45) is 6.87. The quantitative estimate of drug-likeness (QED) is 0.312. The number of halogens is 2. The lowest BCUT2D eigenvalue weighted by molar-refractivity contribution is -2.00. The molecule has 2 aliphatic rings. The fourth-order valence-corrected chi connectivity index (χ4v) is 7.03. The van der Waals surface area contributed by atoms with Crippen LogP contribution in [0.3, 0.4) is 0 Å². The second-order valence-corrected chi connectivity index (χ2v) is 13.2. The van der Waals surface area contributed by atoms with Gasteiger partial charge >= 0.3 is 0 Å². The number of benzene rings is 4. The van der Waals surface area contributed by atoms with Gasteiger partial charge in [0.15, 0.2) is 5.71 Å². The molecule has 0 radical (unpaired) electrons. The largest absolute Gasteiger partial charge is 0.347 e. The Kier molecular flexibility index (Phi) is 7.43. The van der Waals surface area contributed by atoms with E-state index in [4.69, 9.17) is 18.6 Å². The van der Waals surface area contributed by atoms with Crippen LogP contribution in [-0.2, 0) is 10.8 Å². The summed E-state index contributed by atoms with van der Waals surface area (Å²) in [6.45, 7) is 9.38. The van der Waals surface area contributed by atoms with Gasteiger partial charge in [0.05, 0.1) is 5.41 Å². The molecule has 4 aromatic rings. The molecule has 2 aliphatic heterocycles. The van der Waals surface area contributed by atoms with Crippen LogP contribution in [0, 0.1) is 10.2 Å². The normalized spacial score (nSPS) is 18.3. The summed E-state index contributed by atoms with van der Waals surface area (Å²) in [5.41, 5.74) is 7.86. The van der Waals surface area contributed by atoms with Crippen LogP contribution in [0.25, 0.3) is 21.5 Å². The minimum atomic E-state index is -4.94. The van der Waals surface area contributed by atoms with Gasteiger partial charge in [-0.15, -0.1) is 10.2 Å². The first-order valence-electron chi connectivity index (χ1n) is 13.2. The van der Waals surface area contributed by atoms with Gasteiger partial charge in [0, 0.05) is 46.0 Å². The van der Waals surface area contributed by atoms with E-state index in [0.717, 1.165) is 4.47 Å². The van der Waals surface area contributed by atoms with Crippen molar-refractivity contribution in [2.75, 3.05) is 19.0 Å². The molecule has 6 rings (SSSR count). The molecule has 0 spiro atoms. The fourth-order valence-electron chi connectivity index (χ4n) is 6.65. The lowest BCUT2D eigenvalue weighted by atomic mass is 9.79. The van der Waals surface area contributed by atoms with Crippen molar-refractivity contribution < 1.29 is 33.5 Å². The van der Waals surface area contributed by atoms with E-state index in [1.165, 1.54) is 55.5 Å². The maximum Gasteiger partial charge on any atom is 0.210 e. The maximum absolute atomic E-state index is 8.49. The summed E-state index contributed by atoms with van der Waals surface area (Å²) in [5, 5.41) is 5.25. The first-order valence-corrected chi connectivity index (χ1v) is 15.3. The first kappa shape index (κ1) is 29.5. The summed E-state index contributed by atoms with van der Waals surface area (Å²) in [5.74, 6) is 0. The Morgan fingerprint density at radius 3 is 2.15 bits per heavy atom. The zero-order chi connectivity index (χ0) is 29.9. The summed E-state index contributed by atoms with van der Waals surface area (Å²) >= 11 is 3.63. The van der Waals surface area contributed by atoms with Crippen LogP contribution in [0.1, 0.15) is 38.8 Å². The molecule has 4 aromatic carbocycles. The number of hydrogen-bond donors (Lipinski definition) is 0.